The second kappa shape index (κ2) is 10.8. The van der Waals surface area contributed by atoms with E-state index < -0.39 is 24.3 Å². The molecule has 1 saturated carbocycles. The monoisotopic (exact) mass is 328 g/mol. The lowest BCUT2D eigenvalue weighted by molar-refractivity contribution is -0.137. The van der Waals surface area contributed by atoms with E-state index in [9.17, 15) is 20.1 Å². The van der Waals surface area contributed by atoms with E-state index in [2.05, 4.69) is 0 Å². The first-order valence-corrected chi connectivity index (χ1v) is 8.90. The van der Waals surface area contributed by atoms with Crippen molar-refractivity contribution in [3.8, 4) is 0 Å². The molecule has 0 aromatic heterocycles. The molecule has 5 nitrogen and oxygen atoms in total. The van der Waals surface area contributed by atoms with Crippen LogP contribution in [0, 0.1) is 11.8 Å². The summed E-state index contributed by atoms with van der Waals surface area (Å²) in [6.45, 7) is 1.90. The Kier molecular flexibility index (Phi) is 9.44. The molecule has 5 atom stereocenters. The van der Waals surface area contributed by atoms with Crippen LogP contribution < -0.4 is 0 Å². The lowest BCUT2D eigenvalue weighted by Crippen LogP contribution is -2.21. The van der Waals surface area contributed by atoms with E-state index in [1.807, 2.05) is 13.0 Å². The fourth-order valence-electron chi connectivity index (χ4n) is 3.36. The summed E-state index contributed by atoms with van der Waals surface area (Å²) >= 11 is 0. The third-order valence-corrected chi connectivity index (χ3v) is 4.82. The maximum atomic E-state index is 10.4. The van der Waals surface area contributed by atoms with Gasteiger partial charge in [0.25, 0.3) is 0 Å². The van der Waals surface area contributed by atoms with Gasteiger partial charge in [0.15, 0.2) is 0 Å². The van der Waals surface area contributed by atoms with Gasteiger partial charge in [0.05, 0.1) is 18.3 Å². The Morgan fingerprint density at radius 2 is 1.78 bits per heavy atom. The van der Waals surface area contributed by atoms with E-state index in [-0.39, 0.29) is 18.3 Å². The third kappa shape index (κ3) is 7.46. The highest BCUT2D eigenvalue weighted by atomic mass is 16.4. The van der Waals surface area contributed by atoms with Crippen molar-refractivity contribution in [1.29, 1.82) is 0 Å². The predicted octanol–water partition coefficient (Wildman–Crippen LogP) is 2.49. The van der Waals surface area contributed by atoms with Gasteiger partial charge in [0, 0.05) is 18.8 Å². The van der Waals surface area contributed by atoms with E-state index in [1.165, 1.54) is 0 Å². The first-order valence-electron chi connectivity index (χ1n) is 8.90. The molecule has 1 aliphatic carbocycles. The minimum atomic E-state index is -0.739. The summed E-state index contributed by atoms with van der Waals surface area (Å²) in [5.41, 5.74) is 0. The molecule has 1 rings (SSSR count). The highest BCUT2D eigenvalue weighted by molar-refractivity contribution is 5.66. The molecule has 0 aromatic rings. The SMILES string of the molecule is CC[C@H](O)/C=C/[C@H]1[C@@H](CCCCCCCC(=O)O)[C@H](O)C[C@@H]1O. The summed E-state index contributed by atoms with van der Waals surface area (Å²) in [7, 11) is 0. The Balaban J connectivity index is 2.31. The van der Waals surface area contributed by atoms with Crippen molar-refractivity contribution < 1.29 is 25.2 Å². The summed E-state index contributed by atoms with van der Waals surface area (Å²) in [5.74, 6) is -0.778. The number of carbonyl (C=O) groups is 1. The summed E-state index contributed by atoms with van der Waals surface area (Å²) in [6, 6.07) is 0. The molecule has 0 unspecified atom stereocenters. The zero-order chi connectivity index (χ0) is 17.2. The lowest BCUT2D eigenvalue weighted by Gasteiger charge is -2.21. The Bertz CT molecular complexity index is 368. The number of unbranched alkanes of at least 4 members (excludes halogenated alkanes) is 4. The maximum Gasteiger partial charge on any atom is 0.303 e. The second-order valence-corrected chi connectivity index (χ2v) is 6.67. The van der Waals surface area contributed by atoms with Gasteiger partial charge < -0.3 is 20.4 Å². The van der Waals surface area contributed by atoms with Gasteiger partial charge in [-0.3, -0.25) is 4.79 Å². The average molecular weight is 328 g/mol. The van der Waals surface area contributed by atoms with Crippen LogP contribution in [0.15, 0.2) is 12.2 Å². The molecular weight excluding hydrogens is 296 g/mol. The molecule has 134 valence electrons. The Morgan fingerprint density at radius 1 is 1.13 bits per heavy atom. The van der Waals surface area contributed by atoms with Crippen LogP contribution in [0.25, 0.3) is 0 Å². The van der Waals surface area contributed by atoms with Crippen LogP contribution in [0.1, 0.15) is 64.7 Å². The molecule has 4 N–H and O–H groups in total. The standard InChI is InChI=1S/C18H32O5/c1-2-13(19)10-11-15-14(16(20)12-17(15)21)8-6-4-3-5-7-9-18(22)23/h10-11,13-17,19-21H,2-9,12H2,1H3,(H,22,23)/b11-10+/t13-,14+,15-,16+,17-/m0/s1. The fourth-order valence-corrected chi connectivity index (χ4v) is 3.36. The van der Waals surface area contributed by atoms with Crippen LogP contribution in [0.5, 0.6) is 0 Å². The molecule has 1 fully saturated rings. The van der Waals surface area contributed by atoms with Gasteiger partial charge >= 0.3 is 5.97 Å². The number of hydrogen-bond acceptors (Lipinski definition) is 4. The molecule has 0 aliphatic heterocycles. The molecule has 0 saturated heterocycles. The molecule has 1 aliphatic rings. The minimum absolute atomic E-state index is 0.0457. The first kappa shape index (κ1) is 20.1. The molecule has 23 heavy (non-hydrogen) atoms. The van der Waals surface area contributed by atoms with E-state index in [4.69, 9.17) is 5.11 Å². The van der Waals surface area contributed by atoms with E-state index in [0.717, 1.165) is 38.5 Å². The lowest BCUT2D eigenvalue weighted by atomic mass is 9.88. The number of hydrogen-bond donors (Lipinski definition) is 4. The number of aliphatic hydroxyl groups excluding tert-OH is 3. The van der Waals surface area contributed by atoms with Gasteiger partial charge in [0.2, 0.25) is 0 Å². The molecule has 0 radical (unpaired) electrons. The van der Waals surface area contributed by atoms with Crippen LogP contribution in [-0.2, 0) is 4.79 Å². The summed E-state index contributed by atoms with van der Waals surface area (Å²) in [6.07, 6.45) is 8.87. The second-order valence-electron chi connectivity index (χ2n) is 6.67. The molecule has 0 amide bonds. The minimum Gasteiger partial charge on any atom is -0.481 e. The van der Waals surface area contributed by atoms with Crippen LogP contribution in [0.2, 0.25) is 0 Å². The maximum absolute atomic E-state index is 10.4. The van der Waals surface area contributed by atoms with Crippen molar-refractivity contribution >= 4 is 5.97 Å². The Morgan fingerprint density at radius 3 is 2.43 bits per heavy atom. The van der Waals surface area contributed by atoms with Crippen molar-refractivity contribution in [2.75, 3.05) is 0 Å². The molecule has 5 heteroatoms. The smallest absolute Gasteiger partial charge is 0.303 e. The van der Waals surface area contributed by atoms with Crippen LogP contribution in [0.4, 0.5) is 0 Å². The molecular formula is C18H32O5. The third-order valence-electron chi connectivity index (χ3n) is 4.82. The molecule has 0 heterocycles. The van der Waals surface area contributed by atoms with Gasteiger partial charge in [-0.25, -0.2) is 0 Å². The van der Waals surface area contributed by atoms with Crippen molar-refractivity contribution in [2.45, 2.75) is 83.0 Å². The normalized spacial score (nSPS) is 29.2. The Labute approximate surface area is 139 Å². The molecule has 0 spiro atoms. The molecule has 0 aromatic carbocycles. The summed E-state index contributed by atoms with van der Waals surface area (Å²) in [4.78, 5) is 10.4. The fraction of sp³-hybridized carbons (Fsp3) is 0.833. The number of rotatable bonds is 11. The highest BCUT2D eigenvalue weighted by Gasteiger charge is 2.39. The summed E-state index contributed by atoms with van der Waals surface area (Å²) in [5, 5.41) is 38.4. The number of aliphatic hydroxyl groups is 3. The molecule has 0 bridgehead atoms. The predicted molar refractivity (Wildman–Crippen MR) is 89.0 cm³/mol. The quantitative estimate of drug-likeness (QED) is 0.345. The van der Waals surface area contributed by atoms with Gasteiger partial charge in [-0.2, -0.15) is 0 Å². The summed E-state index contributed by atoms with van der Waals surface area (Å²) < 4.78 is 0. The van der Waals surface area contributed by atoms with Gasteiger partial charge in [0.1, 0.15) is 0 Å². The number of carboxylic acid groups (broad SMARTS) is 1. The topological polar surface area (TPSA) is 98.0 Å². The van der Waals surface area contributed by atoms with Crippen molar-refractivity contribution in [3.05, 3.63) is 12.2 Å². The number of aliphatic carboxylic acids is 1. The zero-order valence-electron chi connectivity index (χ0n) is 14.1. The largest absolute Gasteiger partial charge is 0.481 e. The van der Waals surface area contributed by atoms with Gasteiger partial charge in [-0.15, -0.1) is 0 Å². The Hall–Kier alpha value is -0.910. The van der Waals surface area contributed by atoms with Gasteiger partial charge in [-0.1, -0.05) is 44.8 Å². The first-order chi connectivity index (χ1) is 11.0. The van der Waals surface area contributed by atoms with Crippen molar-refractivity contribution in [1.82, 2.24) is 0 Å². The zero-order valence-corrected chi connectivity index (χ0v) is 14.1. The van der Waals surface area contributed by atoms with Crippen molar-refractivity contribution in [2.24, 2.45) is 11.8 Å². The van der Waals surface area contributed by atoms with E-state index in [1.54, 1.807) is 6.08 Å². The van der Waals surface area contributed by atoms with E-state index in [0.29, 0.717) is 12.8 Å². The number of carboxylic acids is 1. The highest BCUT2D eigenvalue weighted by Crippen LogP contribution is 2.37. The van der Waals surface area contributed by atoms with Crippen LogP contribution >= 0.6 is 0 Å². The average Bonchev–Trinajstić information content (AvgIpc) is 2.77. The van der Waals surface area contributed by atoms with Crippen LogP contribution in [-0.4, -0.2) is 44.7 Å². The van der Waals surface area contributed by atoms with Gasteiger partial charge in [-0.05, 0) is 25.2 Å². The van der Waals surface area contributed by atoms with E-state index >= 15 is 0 Å². The van der Waals surface area contributed by atoms with Crippen molar-refractivity contribution in [3.63, 3.8) is 0 Å². The van der Waals surface area contributed by atoms with Crippen LogP contribution in [0.3, 0.4) is 0 Å².